The predicted molar refractivity (Wildman–Crippen MR) is 154 cm³/mol. The Morgan fingerprint density at radius 2 is 1.62 bits per heavy atom. The number of amides is 1. The number of hydrogen-bond acceptors (Lipinski definition) is 6. The summed E-state index contributed by atoms with van der Waals surface area (Å²) < 4.78 is 52.6. The lowest BCUT2D eigenvalue weighted by molar-refractivity contribution is -0.120. The van der Waals surface area contributed by atoms with Gasteiger partial charge in [-0.1, -0.05) is 19.1 Å². The van der Waals surface area contributed by atoms with Crippen molar-refractivity contribution in [2.75, 3.05) is 43.1 Å². The minimum absolute atomic E-state index is 0.0991. The van der Waals surface area contributed by atoms with Gasteiger partial charge in [0.05, 0.1) is 30.8 Å². The summed E-state index contributed by atoms with van der Waals surface area (Å²) in [7, 11) is -1.38. The molecule has 8 nitrogen and oxygen atoms in total. The van der Waals surface area contributed by atoms with E-state index in [1.165, 1.54) is 57.4 Å². The molecule has 1 saturated heterocycles. The van der Waals surface area contributed by atoms with E-state index in [0.29, 0.717) is 5.75 Å². The van der Waals surface area contributed by atoms with Crippen LogP contribution in [0.3, 0.4) is 0 Å². The van der Waals surface area contributed by atoms with Gasteiger partial charge in [0.1, 0.15) is 12.4 Å². The molecule has 0 spiro atoms. The van der Waals surface area contributed by atoms with Gasteiger partial charge in [0, 0.05) is 24.8 Å². The Kier molecular flexibility index (Phi) is 9.19. The van der Waals surface area contributed by atoms with Crippen molar-refractivity contribution in [1.82, 2.24) is 5.32 Å². The van der Waals surface area contributed by atoms with E-state index in [4.69, 9.17) is 9.47 Å². The van der Waals surface area contributed by atoms with Gasteiger partial charge < -0.3 is 19.7 Å². The fourth-order valence-corrected chi connectivity index (χ4v) is 6.21. The van der Waals surface area contributed by atoms with Crippen molar-refractivity contribution >= 4 is 27.3 Å². The number of halogens is 1. The molecule has 4 rings (SSSR count). The van der Waals surface area contributed by atoms with Crippen LogP contribution in [0.1, 0.15) is 38.3 Å². The van der Waals surface area contributed by atoms with Gasteiger partial charge in [-0.15, -0.1) is 0 Å². The number of ether oxygens (including phenoxy) is 2. The summed E-state index contributed by atoms with van der Waals surface area (Å²) in [5.74, 6) is 0.309. The second-order valence-corrected chi connectivity index (χ2v) is 11.9. The lowest BCUT2D eigenvalue weighted by Gasteiger charge is -2.32. The number of anilines is 2. The highest BCUT2D eigenvalue weighted by Gasteiger charge is 2.29. The van der Waals surface area contributed by atoms with Crippen LogP contribution in [0.2, 0.25) is 0 Å². The first-order chi connectivity index (χ1) is 19.1. The van der Waals surface area contributed by atoms with Crippen molar-refractivity contribution in [2.24, 2.45) is 5.92 Å². The molecule has 10 heteroatoms. The zero-order chi connectivity index (χ0) is 28.9. The van der Waals surface area contributed by atoms with Crippen molar-refractivity contribution < 1.29 is 27.1 Å². The summed E-state index contributed by atoms with van der Waals surface area (Å²) in [6.07, 6.45) is 2.34. The Balaban J connectivity index is 1.52. The monoisotopic (exact) mass is 569 g/mol. The molecule has 0 saturated carbocycles. The minimum atomic E-state index is -4.23. The third-order valence-electron chi connectivity index (χ3n) is 7.26. The van der Waals surface area contributed by atoms with Crippen LogP contribution < -0.4 is 24.0 Å². The molecule has 3 aromatic rings. The number of nitrogens with one attached hydrogen (secondary N) is 1. The molecule has 3 aromatic carbocycles. The third-order valence-corrected chi connectivity index (χ3v) is 9.03. The number of benzene rings is 3. The highest BCUT2D eigenvalue weighted by Crippen LogP contribution is 2.32. The zero-order valence-electron chi connectivity index (χ0n) is 23.3. The lowest BCUT2D eigenvalue weighted by atomic mass is 9.98. The summed E-state index contributed by atoms with van der Waals surface area (Å²) >= 11 is 0. The average molecular weight is 570 g/mol. The Morgan fingerprint density at radius 1 is 1.00 bits per heavy atom. The fraction of sp³-hybridized carbons (Fsp3) is 0.367. The van der Waals surface area contributed by atoms with Crippen molar-refractivity contribution in [1.29, 1.82) is 0 Å². The molecule has 1 heterocycles. The number of hydrogen-bond donors (Lipinski definition) is 1. The van der Waals surface area contributed by atoms with E-state index in [1.54, 1.807) is 0 Å². The number of carbonyl (C=O) groups excluding carboxylic acids is 1. The summed E-state index contributed by atoms with van der Waals surface area (Å²) in [6.45, 7) is 5.68. The average Bonchev–Trinajstić information content (AvgIpc) is 2.96. The Hall–Kier alpha value is -3.79. The van der Waals surface area contributed by atoms with Gasteiger partial charge in [-0.3, -0.25) is 9.10 Å². The number of nitrogens with zero attached hydrogens (tertiary/aromatic N) is 2. The summed E-state index contributed by atoms with van der Waals surface area (Å²) in [4.78, 5) is 15.4. The first-order valence-electron chi connectivity index (χ1n) is 13.3. The third kappa shape index (κ3) is 6.67. The summed E-state index contributed by atoms with van der Waals surface area (Å²) in [5, 5.41) is 2.90. The topological polar surface area (TPSA) is 88.2 Å². The maximum Gasteiger partial charge on any atom is 0.264 e. The van der Waals surface area contributed by atoms with E-state index in [-0.39, 0.29) is 22.4 Å². The van der Waals surface area contributed by atoms with Gasteiger partial charge in [0.2, 0.25) is 5.91 Å². The maximum atomic E-state index is 13.7. The molecule has 1 amide bonds. The normalized spacial score (nSPS) is 14.9. The molecule has 0 aromatic heterocycles. The smallest absolute Gasteiger partial charge is 0.264 e. The molecule has 0 bridgehead atoms. The minimum Gasteiger partial charge on any atom is -0.493 e. The first-order valence-corrected chi connectivity index (χ1v) is 14.7. The van der Waals surface area contributed by atoms with E-state index in [9.17, 15) is 17.6 Å². The number of sulfonamides is 1. The molecule has 1 N–H and O–H groups in total. The van der Waals surface area contributed by atoms with E-state index in [0.717, 1.165) is 46.7 Å². The summed E-state index contributed by atoms with van der Waals surface area (Å²) in [5.41, 5.74) is 2.20. The van der Waals surface area contributed by atoms with Crippen LogP contribution in [0.5, 0.6) is 11.5 Å². The van der Waals surface area contributed by atoms with Crippen LogP contribution in [-0.2, 0) is 14.8 Å². The van der Waals surface area contributed by atoms with Crippen molar-refractivity contribution in [2.45, 2.75) is 37.6 Å². The number of carbonyl (C=O) groups is 1. The molecule has 0 radical (unpaired) electrons. The molecular weight excluding hydrogens is 533 g/mol. The van der Waals surface area contributed by atoms with E-state index in [1.807, 2.05) is 19.1 Å². The van der Waals surface area contributed by atoms with Gasteiger partial charge >= 0.3 is 0 Å². The van der Waals surface area contributed by atoms with Crippen LogP contribution in [0.4, 0.5) is 15.8 Å². The van der Waals surface area contributed by atoms with Crippen LogP contribution >= 0.6 is 0 Å². The van der Waals surface area contributed by atoms with E-state index in [2.05, 4.69) is 29.3 Å². The highest BCUT2D eigenvalue weighted by molar-refractivity contribution is 7.92. The van der Waals surface area contributed by atoms with Gasteiger partial charge in [-0.05, 0) is 79.8 Å². The number of methoxy groups -OCH3 is 2. The van der Waals surface area contributed by atoms with E-state index >= 15 is 0 Å². The van der Waals surface area contributed by atoms with Gasteiger partial charge in [0.15, 0.2) is 11.5 Å². The van der Waals surface area contributed by atoms with Gasteiger partial charge in [0.25, 0.3) is 10.0 Å². The van der Waals surface area contributed by atoms with Crippen molar-refractivity contribution in [3.8, 4) is 11.5 Å². The molecule has 40 heavy (non-hydrogen) atoms. The van der Waals surface area contributed by atoms with Crippen molar-refractivity contribution in [3.63, 3.8) is 0 Å². The fourth-order valence-electron chi connectivity index (χ4n) is 4.77. The molecule has 214 valence electrons. The van der Waals surface area contributed by atoms with Gasteiger partial charge in [-0.25, -0.2) is 12.8 Å². The molecule has 1 aliphatic heterocycles. The molecule has 1 atom stereocenters. The predicted octanol–water partition coefficient (Wildman–Crippen LogP) is 5.15. The second-order valence-electron chi connectivity index (χ2n) is 10.1. The quantitative estimate of drug-likeness (QED) is 0.363. The maximum absolute atomic E-state index is 13.7. The SMILES string of the molecule is COc1ccc(S(=O)(=O)N(CC(=O)NC(C)c2ccc(N3CCC(C)CC3)cc2)c2ccc(F)cc2)cc1OC. The lowest BCUT2D eigenvalue weighted by Crippen LogP contribution is -2.41. The van der Waals surface area contributed by atoms with Crippen LogP contribution in [-0.4, -0.2) is 48.2 Å². The molecule has 1 unspecified atom stereocenters. The molecule has 1 aliphatic rings. The first kappa shape index (κ1) is 29.2. The van der Waals surface area contributed by atoms with Gasteiger partial charge in [-0.2, -0.15) is 0 Å². The van der Waals surface area contributed by atoms with Crippen LogP contribution in [0, 0.1) is 11.7 Å². The Morgan fingerprint density at radius 3 is 2.23 bits per heavy atom. The second kappa shape index (κ2) is 12.6. The van der Waals surface area contributed by atoms with E-state index < -0.39 is 28.3 Å². The number of rotatable bonds is 10. The van der Waals surface area contributed by atoms with Crippen molar-refractivity contribution in [3.05, 3.63) is 78.1 Å². The summed E-state index contributed by atoms with van der Waals surface area (Å²) in [6, 6.07) is 16.8. The molecule has 1 fully saturated rings. The largest absolute Gasteiger partial charge is 0.493 e. The highest BCUT2D eigenvalue weighted by atomic mass is 32.2. The number of piperidine rings is 1. The van der Waals surface area contributed by atoms with Crippen LogP contribution in [0.25, 0.3) is 0 Å². The molecular formula is C30H36FN3O5S. The Labute approximate surface area is 235 Å². The standard InChI is InChI=1S/C30H36FN3O5S/c1-21-15-17-33(18-16-21)25-9-5-23(6-10-25)22(2)32-30(35)20-34(26-11-7-24(31)8-12-26)40(36,37)27-13-14-28(38-3)29(19-27)39-4/h5-14,19,21-22H,15-18,20H2,1-4H3,(H,32,35). The Bertz CT molecular complexity index is 1410. The molecule has 0 aliphatic carbocycles. The van der Waals surface area contributed by atoms with Crippen LogP contribution in [0.15, 0.2) is 71.6 Å². The zero-order valence-corrected chi connectivity index (χ0v) is 24.1.